The molecule has 4 rings (SSSR count). The third-order valence-electron chi connectivity index (χ3n) is 4.81. The molecule has 7 nitrogen and oxygen atoms in total. The van der Waals surface area contributed by atoms with Crippen molar-refractivity contribution in [2.24, 2.45) is 0 Å². The summed E-state index contributed by atoms with van der Waals surface area (Å²) < 4.78 is 19.6. The van der Waals surface area contributed by atoms with E-state index in [4.69, 9.17) is 4.74 Å². The summed E-state index contributed by atoms with van der Waals surface area (Å²) in [6.07, 6.45) is 1.49. The SMILES string of the molecule is COc1cccc(-n2c(=O)c(C(=O)NCc3ccc(F)cc3)c(O)c3cccnc32)c1. The van der Waals surface area contributed by atoms with Gasteiger partial charge in [0.1, 0.15) is 22.9 Å². The number of benzene rings is 2. The summed E-state index contributed by atoms with van der Waals surface area (Å²) in [5.74, 6) is -1.09. The standard InChI is InChI=1S/C23H18FN3O4/c1-31-17-5-2-4-16(12-17)27-21-18(6-3-11-25-21)20(28)19(23(27)30)22(29)26-13-14-7-9-15(24)10-8-14/h2-12,28H,13H2,1H3,(H,26,29). The van der Waals surface area contributed by atoms with Crippen molar-refractivity contribution in [3.8, 4) is 17.2 Å². The molecule has 4 aromatic rings. The number of pyridine rings is 2. The van der Waals surface area contributed by atoms with Gasteiger partial charge in [0.2, 0.25) is 0 Å². The third-order valence-corrected chi connectivity index (χ3v) is 4.81. The zero-order valence-electron chi connectivity index (χ0n) is 16.5. The molecule has 0 aliphatic heterocycles. The molecule has 8 heteroatoms. The zero-order valence-corrected chi connectivity index (χ0v) is 16.5. The fraction of sp³-hybridized carbons (Fsp3) is 0.0870. The number of carbonyl (C=O) groups excluding carboxylic acids is 1. The number of nitrogens with one attached hydrogen (secondary N) is 1. The Hall–Kier alpha value is -4.20. The lowest BCUT2D eigenvalue weighted by Crippen LogP contribution is -2.33. The molecule has 2 heterocycles. The number of fused-ring (bicyclic) bond motifs is 1. The van der Waals surface area contributed by atoms with Crippen LogP contribution in [0.3, 0.4) is 0 Å². The van der Waals surface area contributed by atoms with E-state index >= 15 is 0 Å². The number of aromatic nitrogens is 2. The predicted octanol–water partition coefficient (Wildman–Crippen LogP) is 3.17. The lowest BCUT2D eigenvalue weighted by Gasteiger charge is -2.15. The van der Waals surface area contributed by atoms with E-state index in [2.05, 4.69) is 10.3 Å². The largest absolute Gasteiger partial charge is 0.506 e. The lowest BCUT2D eigenvalue weighted by atomic mass is 10.1. The first-order valence-corrected chi connectivity index (χ1v) is 9.39. The summed E-state index contributed by atoms with van der Waals surface area (Å²) in [6, 6.07) is 15.5. The molecule has 0 aliphatic carbocycles. The maximum absolute atomic E-state index is 13.3. The van der Waals surface area contributed by atoms with Crippen LogP contribution in [-0.4, -0.2) is 27.7 Å². The number of hydrogen-bond acceptors (Lipinski definition) is 5. The normalized spacial score (nSPS) is 10.8. The molecule has 2 aromatic heterocycles. The van der Waals surface area contributed by atoms with Crippen LogP contribution in [-0.2, 0) is 6.54 Å². The summed E-state index contributed by atoms with van der Waals surface area (Å²) in [7, 11) is 1.50. The highest BCUT2D eigenvalue weighted by Crippen LogP contribution is 2.27. The summed E-state index contributed by atoms with van der Waals surface area (Å²) in [4.78, 5) is 30.4. The highest BCUT2D eigenvalue weighted by molar-refractivity contribution is 6.02. The summed E-state index contributed by atoms with van der Waals surface area (Å²) >= 11 is 0. The number of ether oxygens (including phenoxy) is 1. The Morgan fingerprint density at radius 1 is 1.16 bits per heavy atom. The number of aromatic hydroxyl groups is 1. The molecule has 156 valence electrons. The number of halogens is 1. The highest BCUT2D eigenvalue weighted by atomic mass is 19.1. The molecule has 0 fully saturated rings. The number of carbonyl (C=O) groups is 1. The minimum Gasteiger partial charge on any atom is -0.506 e. The van der Waals surface area contributed by atoms with Crippen molar-refractivity contribution < 1.29 is 19.0 Å². The maximum Gasteiger partial charge on any atom is 0.273 e. The van der Waals surface area contributed by atoms with Gasteiger partial charge < -0.3 is 15.2 Å². The van der Waals surface area contributed by atoms with Crippen LogP contribution in [0.2, 0.25) is 0 Å². The van der Waals surface area contributed by atoms with Crippen molar-refractivity contribution >= 4 is 16.9 Å². The van der Waals surface area contributed by atoms with Gasteiger partial charge in [-0.2, -0.15) is 0 Å². The van der Waals surface area contributed by atoms with Crippen molar-refractivity contribution in [2.45, 2.75) is 6.54 Å². The average molecular weight is 419 g/mol. The molecule has 0 unspecified atom stereocenters. The van der Waals surface area contributed by atoms with Crippen LogP contribution in [0, 0.1) is 5.82 Å². The van der Waals surface area contributed by atoms with Crippen LogP contribution in [0.15, 0.2) is 71.7 Å². The predicted molar refractivity (Wildman–Crippen MR) is 113 cm³/mol. The van der Waals surface area contributed by atoms with Gasteiger partial charge >= 0.3 is 0 Å². The van der Waals surface area contributed by atoms with Gasteiger partial charge in [-0.3, -0.25) is 14.2 Å². The van der Waals surface area contributed by atoms with Gasteiger partial charge in [-0.1, -0.05) is 18.2 Å². The summed E-state index contributed by atoms with van der Waals surface area (Å²) in [6.45, 7) is 0.0578. The number of nitrogens with zero attached hydrogens (tertiary/aromatic N) is 2. The minimum atomic E-state index is -0.755. The Kier molecular flexibility index (Phi) is 5.36. The first-order chi connectivity index (χ1) is 15.0. The smallest absolute Gasteiger partial charge is 0.273 e. The molecule has 0 aliphatic rings. The Balaban J connectivity index is 1.82. The van der Waals surface area contributed by atoms with Crippen LogP contribution in [0.5, 0.6) is 11.5 Å². The topological polar surface area (TPSA) is 93.5 Å². The molecule has 2 aromatic carbocycles. The first kappa shape index (κ1) is 20.1. The van der Waals surface area contributed by atoms with Gasteiger partial charge in [-0.15, -0.1) is 0 Å². The van der Waals surface area contributed by atoms with E-state index in [1.165, 1.54) is 42.1 Å². The van der Waals surface area contributed by atoms with Gasteiger partial charge in [0, 0.05) is 18.8 Å². The lowest BCUT2D eigenvalue weighted by molar-refractivity contribution is 0.0946. The van der Waals surface area contributed by atoms with E-state index in [0.717, 1.165) is 0 Å². The number of amides is 1. The summed E-state index contributed by atoms with van der Waals surface area (Å²) in [5.41, 5.74) is 0.137. The molecule has 0 bridgehead atoms. The number of rotatable bonds is 5. The van der Waals surface area contributed by atoms with Crippen LogP contribution in [0.25, 0.3) is 16.7 Å². The maximum atomic E-state index is 13.3. The Bertz CT molecular complexity index is 1330. The van der Waals surface area contributed by atoms with Crippen LogP contribution in [0.1, 0.15) is 15.9 Å². The van der Waals surface area contributed by atoms with Crippen molar-refractivity contribution in [3.63, 3.8) is 0 Å². The molecular formula is C23H18FN3O4. The number of methoxy groups -OCH3 is 1. The van der Waals surface area contributed by atoms with Gasteiger partial charge in [0.25, 0.3) is 11.5 Å². The molecular weight excluding hydrogens is 401 g/mol. The molecule has 0 spiro atoms. The third kappa shape index (κ3) is 3.83. The molecule has 31 heavy (non-hydrogen) atoms. The first-order valence-electron chi connectivity index (χ1n) is 9.39. The van der Waals surface area contributed by atoms with Crippen LogP contribution >= 0.6 is 0 Å². The Morgan fingerprint density at radius 2 is 1.94 bits per heavy atom. The zero-order chi connectivity index (χ0) is 22.0. The van der Waals surface area contributed by atoms with E-state index in [9.17, 15) is 19.1 Å². The fourth-order valence-electron chi connectivity index (χ4n) is 3.27. The second kappa shape index (κ2) is 8.27. The summed E-state index contributed by atoms with van der Waals surface area (Å²) in [5, 5.41) is 13.6. The van der Waals surface area contributed by atoms with Crippen LogP contribution in [0.4, 0.5) is 4.39 Å². The molecule has 0 atom stereocenters. The molecule has 1 amide bonds. The Morgan fingerprint density at radius 3 is 2.68 bits per heavy atom. The highest BCUT2D eigenvalue weighted by Gasteiger charge is 2.23. The second-order valence-electron chi connectivity index (χ2n) is 6.75. The minimum absolute atomic E-state index is 0.0578. The van der Waals surface area contributed by atoms with E-state index in [1.807, 2.05) is 0 Å². The quantitative estimate of drug-likeness (QED) is 0.518. The average Bonchev–Trinajstić information content (AvgIpc) is 2.79. The van der Waals surface area contributed by atoms with E-state index in [1.54, 1.807) is 36.4 Å². The molecule has 0 radical (unpaired) electrons. The van der Waals surface area contributed by atoms with Crippen molar-refractivity contribution in [3.05, 3.63) is 94.2 Å². The van der Waals surface area contributed by atoms with Crippen molar-refractivity contribution in [2.75, 3.05) is 7.11 Å². The van der Waals surface area contributed by atoms with Crippen molar-refractivity contribution in [1.29, 1.82) is 0 Å². The van der Waals surface area contributed by atoms with Crippen LogP contribution < -0.4 is 15.6 Å². The van der Waals surface area contributed by atoms with E-state index in [-0.39, 0.29) is 17.6 Å². The van der Waals surface area contributed by atoms with Gasteiger partial charge in [-0.05, 0) is 42.0 Å². The van der Waals surface area contributed by atoms with E-state index in [0.29, 0.717) is 17.0 Å². The fourth-order valence-corrected chi connectivity index (χ4v) is 3.27. The second-order valence-corrected chi connectivity index (χ2v) is 6.75. The van der Waals surface area contributed by atoms with Crippen molar-refractivity contribution in [1.82, 2.24) is 14.9 Å². The van der Waals surface area contributed by atoms with Gasteiger partial charge in [-0.25, -0.2) is 9.37 Å². The van der Waals surface area contributed by atoms with Gasteiger partial charge in [0.15, 0.2) is 5.65 Å². The van der Waals surface area contributed by atoms with E-state index < -0.39 is 28.6 Å². The number of hydrogen-bond donors (Lipinski definition) is 2. The molecule has 0 saturated heterocycles. The monoisotopic (exact) mass is 419 g/mol. The molecule has 0 saturated carbocycles. The molecule has 2 N–H and O–H groups in total. The Labute approximate surface area is 176 Å². The van der Waals surface area contributed by atoms with Gasteiger partial charge in [0.05, 0.1) is 18.2 Å².